The number of hydrogen-bond acceptors (Lipinski definition) is 3. The van der Waals surface area contributed by atoms with Gasteiger partial charge in [-0.25, -0.2) is 0 Å². The summed E-state index contributed by atoms with van der Waals surface area (Å²) in [7, 11) is 2.06. The predicted molar refractivity (Wildman–Crippen MR) is 61.6 cm³/mol. The summed E-state index contributed by atoms with van der Waals surface area (Å²) in [4.78, 5) is 6.55. The van der Waals surface area contributed by atoms with Crippen molar-refractivity contribution in [1.82, 2.24) is 15.2 Å². The molecule has 2 heterocycles. The number of hydrogen-bond donors (Lipinski definition) is 1. The van der Waals surface area contributed by atoms with E-state index in [0.29, 0.717) is 0 Å². The molecule has 2 rings (SSSR count). The zero-order valence-electron chi connectivity index (χ0n) is 9.32. The molecule has 1 saturated heterocycles. The molecule has 1 aromatic rings. The summed E-state index contributed by atoms with van der Waals surface area (Å²) in [6.07, 6.45) is 6.27. The monoisotopic (exact) mass is 205 g/mol. The molecule has 3 heteroatoms. The van der Waals surface area contributed by atoms with Gasteiger partial charge in [-0.1, -0.05) is 0 Å². The van der Waals surface area contributed by atoms with E-state index >= 15 is 0 Å². The molecule has 1 N–H and O–H groups in total. The van der Waals surface area contributed by atoms with Gasteiger partial charge in [0.05, 0.1) is 0 Å². The highest BCUT2D eigenvalue weighted by Gasteiger charge is 2.17. The SMILES string of the molecule is CNC1CCN(Cc2ccncc2)CC1. The van der Waals surface area contributed by atoms with E-state index in [1.165, 1.54) is 31.5 Å². The summed E-state index contributed by atoms with van der Waals surface area (Å²) >= 11 is 0. The molecule has 1 fully saturated rings. The highest BCUT2D eigenvalue weighted by Crippen LogP contribution is 2.12. The molecule has 0 amide bonds. The van der Waals surface area contributed by atoms with Crippen LogP contribution in [0, 0.1) is 0 Å². The molecule has 15 heavy (non-hydrogen) atoms. The van der Waals surface area contributed by atoms with Crippen molar-refractivity contribution >= 4 is 0 Å². The van der Waals surface area contributed by atoms with Crippen LogP contribution in [0.1, 0.15) is 18.4 Å². The van der Waals surface area contributed by atoms with E-state index in [2.05, 4.69) is 34.4 Å². The summed E-state index contributed by atoms with van der Waals surface area (Å²) in [5, 5.41) is 3.35. The van der Waals surface area contributed by atoms with Crippen LogP contribution >= 0.6 is 0 Å². The minimum absolute atomic E-state index is 0.721. The Morgan fingerprint density at radius 2 is 2.00 bits per heavy atom. The number of likely N-dealkylation sites (tertiary alicyclic amines) is 1. The fraction of sp³-hybridized carbons (Fsp3) is 0.583. The number of aromatic nitrogens is 1. The third-order valence-corrected chi connectivity index (χ3v) is 3.15. The van der Waals surface area contributed by atoms with Crippen molar-refractivity contribution < 1.29 is 0 Å². The Morgan fingerprint density at radius 1 is 1.33 bits per heavy atom. The fourth-order valence-electron chi connectivity index (χ4n) is 2.13. The van der Waals surface area contributed by atoms with Crippen LogP contribution < -0.4 is 5.32 Å². The number of nitrogens with one attached hydrogen (secondary N) is 1. The standard InChI is InChI=1S/C12H19N3/c1-13-12-4-8-15(9-5-12)10-11-2-6-14-7-3-11/h2-3,6-7,12-13H,4-5,8-10H2,1H3. The Balaban J connectivity index is 1.82. The summed E-state index contributed by atoms with van der Waals surface area (Å²) in [6, 6.07) is 4.92. The van der Waals surface area contributed by atoms with Crippen LogP contribution in [0.4, 0.5) is 0 Å². The summed E-state index contributed by atoms with van der Waals surface area (Å²) in [6.45, 7) is 3.47. The van der Waals surface area contributed by atoms with E-state index in [1.807, 2.05) is 12.4 Å². The summed E-state index contributed by atoms with van der Waals surface area (Å²) in [5.41, 5.74) is 1.37. The maximum Gasteiger partial charge on any atom is 0.0271 e. The lowest BCUT2D eigenvalue weighted by molar-refractivity contribution is 0.194. The van der Waals surface area contributed by atoms with E-state index in [0.717, 1.165) is 12.6 Å². The van der Waals surface area contributed by atoms with Crippen molar-refractivity contribution in [2.45, 2.75) is 25.4 Å². The van der Waals surface area contributed by atoms with E-state index in [4.69, 9.17) is 0 Å². The van der Waals surface area contributed by atoms with Crippen LogP contribution in [0.5, 0.6) is 0 Å². The van der Waals surface area contributed by atoms with E-state index < -0.39 is 0 Å². The van der Waals surface area contributed by atoms with Crippen molar-refractivity contribution in [3.63, 3.8) is 0 Å². The van der Waals surface area contributed by atoms with E-state index in [-0.39, 0.29) is 0 Å². The highest BCUT2D eigenvalue weighted by molar-refractivity contribution is 5.09. The van der Waals surface area contributed by atoms with Gasteiger partial charge in [-0.2, -0.15) is 0 Å². The summed E-state index contributed by atoms with van der Waals surface area (Å²) < 4.78 is 0. The first-order valence-electron chi connectivity index (χ1n) is 5.67. The van der Waals surface area contributed by atoms with Crippen LogP contribution in [0.15, 0.2) is 24.5 Å². The van der Waals surface area contributed by atoms with Crippen LogP contribution in [-0.4, -0.2) is 36.1 Å². The Kier molecular flexibility index (Phi) is 3.69. The average Bonchev–Trinajstić information content (AvgIpc) is 2.31. The average molecular weight is 205 g/mol. The van der Waals surface area contributed by atoms with Crippen LogP contribution in [0.3, 0.4) is 0 Å². The van der Waals surface area contributed by atoms with Gasteiger partial charge in [0, 0.05) is 25.0 Å². The molecule has 1 aromatic heterocycles. The van der Waals surface area contributed by atoms with Gasteiger partial charge in [0.15, 0.2) is 0 Å². The Labute approximate surface area is 91.5 Å². The molecule has 0 aromatic carbocycles. The smallest absolute Gasteiger partial charge is 0.0271 e. The molecule has 1 aliphatic rings. The predicted octanol–water partition coefficient (Wildman–Crippen LogP) is 1.27. The minimum atomic E-state index is 0.721. The number of pyridine rings is 1. The lowest BCUT2D eigenvalue weighted by atomic mass is 10.0. The molecule has 0 aliphatic carbocycles. The van der Waals surface area contributed by atoms with E-state index in [1.54, 1.807) is 0 Å². The van der Waals surface area contributed by atoms with Crippen molar-refractivity contribution in [2.24, 2.45) is 0 Å². The van der Waals surface area contributed by atoms with Crippen molar-refractivity contribution in [3.05, 3.63) is 30.1 Å². The normalized spacial score (nSPS) is 19.3. The Morgan fingerprint density at radius 3 is 2.60 bits per heavy atom. The first-order valence-corrected chi connectivity index (χ1v) is 5.67. The molecule has 1 aliphatic heterocycles. The van der Waals surface area contributed by atoms with Gasteiger partial charge in [0.1, 0.15) is 0 Å². The van der Waals surface area contributed by atoms with E-state index in [9.17, 15) is 0 Å². The number of rotatable bonds is 3. The van der Waals surface area contributed by atoms with Gasteiger partial charge in [-0.05, 0) is 50.7 Å². The largest absolute Gasteiger partial charge is 0.317 e. The lowest BCUT2D eigenvalue weighted by Crippen LogP contribution is -2.40. The second-order valence-electron chi connectivity index (χ2n) is 4.19. The first-order chi connectivity index (χ1) is 7.38. The molecule has 0 bridgehead atoms. The van der Waals surface area contributed by atoms with Crippen LogP contribution in [-0.2, 0) is 6.54 Å². The zero-order chi connectivity index (χ0) is 10.5. The van der Waals surface area contributed by atoms with Gasteiger partial charge >= 0.3 is 0 Å². The number of nitrogens with zero attached hydrogens (tertiary/aromatic N) is 2. The van der Waals surface area contributed by atoms with Crippen LogP contribution in [0.2, 0.25) is 0 Å². The third-order valence-electron chi connectivity index (χ3n) is 3.15. The fourth-order valence-corrected chi connectivity index (χ4v) is 2.13. The number of piperidine rings is 1. The zero-order valence-corrected chi connectivity index (χ0v) is 9.32. The van der Waals surface area contributed by atoms with Crippen molar-refractivity contribution in [3.8, 4) is 0 Å². The maximum atomic E-state index is 4.04. The van der Waals surface area contributed by atoms with Gasteiger partial charge in [-0.3, -0.25) is 9.88 Å². The molecule has 0 saturated carbocycles. The van der Waals surface area contributed by atoms with Crippen LogP contribution in [0.25, 0.3) is 0 Å². The highest BCUT2D eigenvalue weighted by atomic mass is 15.1. The molecule has 0 radical (unpaired) electrons. The second kappa shape index (κ2) is 5.24. The second-order valence-corrected chi connectivity index (χ2v) is 4.19. The Hall–Kier alpha value is -0.930. The Bertz CT molecular complexity index is 278. The quantitative estimate of drug-likeness (QED) is 0.805. The van der Waals surface area contributed by atoms with Crippen molar-refractivity contribution in [2.75, 3.05) is 20.1 Å². The van der Waals surface area contributed by atoms with Gasteiger partial charge in [0.25, 0.3) is 0 Å². The molecular formula is C12H19N3. The molecule has 0 spiro atoms. The molecule has 82 valence electrons. The molecular weight excluding hydrogens is 186 g/mol. The third kappa shape index (κ3) is 3.01. The summed E-state index contributed by atoms with van der Waals surface area (Å²) in [5.74, 6) is 0. The van der Waals surface area contributed by atoms with Gasteiger partial charge < -0.3 is 5.32 Å². The lowest BCUT2D eigenvalue weighted by Gasteiger charge is -2.31. The maximum absolute atomic E-state index is 4.04. The molecule has 0 atom stereocenters. The molecule has 0 unspecified atom stereocenters. The topological polar surface area (TPSA) is 28.2 Å². The molecule has 3 nitrogen and oxygen atoms in total. The van der Waals surface area contributed by atoms with Crippen molar-refractivity contribution in [1.29, 1.82) is 0 Å². The minimum Gasteiger partial charge on any atom is -0.317 e. The first kappa shape index (κ1) is 10.6. The van der Waals surface area contributed by atoms with Gasteiger partial charge in [-0.15, -0.1) is 0 Å². The van der Waals surface area contributed by atoms with Gasteiger partial charge in [0.2, 0.25) is 0 Å².